The summed E-state index contributed by atoms with van der Waals surface area (Å²) in [6.07, 6.45) is 3.16. The van der Waals surface area contributed by atoms with Gasteiger partial charge in [-0.15, -0.1) is 10.2 Å². The second kappa shape index (κ2) is 5.98. The number of aromatic nitrogens is 3. The predicted molar refractivity (Wildman–Crippen MR) is 84.4 cm³/mol. The van der Waals surface area contributed by atoms with Crippen molar-refractivity contribution in [3.8, 4) is 0 Å². The van der Waals surface area contributed by atoms with Crippen molar-refractivity contribution in [2.75, 3.05) is 6.54 Å². The summed E-state index contributed by atoms with van der Waals surface area (Å²) < 4.78 is 2.32. The zero-order chi connectivity index (χ0) is 14.8. The first-order chi connectivity index (χ1) is 10.2. The minimum atomic E-state index is 0.364. The van der Waals surface area contributed by atoms with Crippen LogP contribution in [0.1, 0.15) is 54.1 Å². The highest BCUT2D eigenvalue weighted by atomic mass is 15.3. The molecule has 0 amide bonds. The number of nitrogens with one attached hydrogen (secondary N) is 1. The third-order valence-electron chi connectivity index (χ3n) is 4.32. The standard InChI is InChI=1S/C17H24N4/c1-4-5-15-17-20-19-16(21(17)9-8-18-15)11-14-10-12(2)6-7-13(14)3/h6-7,10,15,18H,4-5,8-9,11H2,1-3H3. The number of hydrogen-bond acceptors (Lipinski definition) is 3. The summed E-state index contributed by atoms with van der Waals surface area (Å²) in [4.78, 5) is 0. The third kappa shape index (κ3) is 2.86. The Morgan fingerprint density at radius 3 is 2.95 bits per heavy atom. The molecule has 3 rings (SSSR count). The van der Waals surface area contributed by atoms with Crippen molar-refractivity contribution >= 4 is 0 Å². The number of benzene rings is 1. The van der Waals surface area contributed by atoms with Crippen LogP contribution >= 0.6 is 0 Å². The highest BCUT2D eigenvalue weighted by molar-refractivity contribution is 5.32. The number of nitrogens with zero attached hydrogens (tertiary/aromatic N) is 3. The second-order valence-corrected chi connectivity index (χ2v) is 6.03. The van der Waals surface area contributed by atoms with E-state index in [0.717, 1.165) is 44.0 Å². The van der Waals surface area contributed by atoms with Crippen molar-refractivity contribution in [1.82, 2.24) is 20.1 Å². The van der Waals surface area contributed by atoms with E-state index in [1.54, 1.807) is 0 Å². The van der Waals surface area contributed by atoms with E-state index in [0.29, 0.717) is 6.04 Å². The fraction of sp³-hybridized carbons (Fsp3) is 0.529. The first-order valence-electron chi connectivity index (χ1n) is 7.90. The van der Waals surface area contributed by atoms with Crippen LogP contribution in [0, 0.1) is 13.8 Å². The molecule has 0 bridgehead atoms. The number of fused-ring (bicyclic) bond motifs is 1. The Balaban J connectivity index is 1.89. The van der Waals surface area contributed by atoms with E-state index in [1.165, 1.54) is 16.7 Å². The number of hydrogen-bond donors (Lipinski definition) is 1. The van der Waals surface area contributed by atoms with Gasteiger partial charge in [0.1, 0.15) is 11.6 Å². The van der Waals surface area contributed by atoms with Gasteiger partial charge in [0, 0.05) is 19.5 Å². The molecular formula is C17H24N4. The Labute approximate surface area is 126 Å². The van der Waals surface area contributed by atoms with Crippen molar-refractivity contribution < 1.29 is 0 Å². The molecule has 1 atom stereocenters. The van der Waals surface area contributed by atoms with E-state index in [2.05, 4.69) is 59.1 Å². The van der Waals surface area contributed by atoms with Gasteiger partial charge in [0.25, 0.3) is 0 Å². The highest BCUT2D eigenvalue weighted by Gasteiger charge is 2.24. The molecule has 1 unspecified atom stereocenters. The van der Waals surface area contributed by atoms with Crippen LogP contribution in [-0.2, 0) is 13.0 Å². The average Bonchev–Trinajstić information content (AvgIpc) is 2.88. The van der Waals surface area contributed by atoms with Gasteiger partial charge < -0.3 is 9.88 Å². The topological polar surface area (TPSA) is 42.7 Å². The smallest absolute Gasteiger partial charge is 0.150 e. The molecule has 2 heterocycles. The molecule has 1 aromatic carbocycles. The van der Waals surface area contributed by atoms with Crippen LogP contribution in [0.5, 0.6) is 0 Å². The zero-order valence-electron chi connectivity index (χ0n) is 13.2. The van der Waals surface area contributed by atoms with Gasteiger partial charge >= 0.3 is 0 Å². The van der Waals surface area contributed by atoms with Crippen molar-refractivity contribution in [3.05, 3.63) is 46.5 Å². The molecule has 0 saturated heterocycles. The van der Waals surface area contributed by atoms with Gasteiger partial charge in [-0.3, -0.25) is 0 Å². The van der Waals surface area contributed by atoms with Crippen LogP contribution < -0.4 is 5.32 Å². The molecule has 0 radical (unpaired) electrons. The molecule has 4 heteroatoms. The maximum absolute atomic E-state index is 4.47. The predicted octanol–water partition coefficient (Wildman–Crippen LogP) is 2.93. The maximum Gasteiger partial charge on any atom is 0.150 e. The van der Waals surface area contributed by atoms with Crippen molar-refractivity contribution in [2.24, 2.45) is 0 Å². The summed E-state index contributed by atoms with van der Waals surface area (Å²) in [6, 6.07) is 6.99. The molecule has 2 aromatic rings. The summed E-state index contributed by atoms with van der Waals surface area (Å²) in [5, 5.41) is 12.5. The van der Waals surface area contributed by atoms with Gasteiger partial charge in [0.2, 0.25) is 0 Å². The van der Waals surface area contributed by atoms with Gasteiger partial charge in [0.15, 0.2) is 0 Å². The van der Waals surface area contributed by atoms with Gasteiger partial charge in [-0.2, -0.15) is 0 Å². The molecule has 0 spiro atoms. The van der Waals surface area contributed by atoms with Crippen molar-refractivity contribution in [1.29, 1.82) is 0 Å². The van der Waals surface area contributed by atoms with Gasteiger partial charge in [-0.05, 0) is 31.4 Å². The summed E-state index contributed by atoms with van der Waals surface area (Å²) >= 11 is 0. The third-order valence-corrected chi connectivity index (χ3v) is 4.32. The fourth-order valence-electron chi connectivity index (χ4n) is 3.10. The van der Waals surface area contributed by atoms with E-state index in [9.17, 15) is 0 Å². The number of aryl methyl sites for hydroxylation is 2. The Hall–Kier alpha value is -1.68. The van der Waals surface area contributed by atoms with Crippen molar-refractivity contribution in [2.45, 2.75) is 52.6 Å². The fourth-order valence-corrected chi connectivity index (χ4v) is 3.10. The van der Waals surface area contributed by atoms with Gasteiger partial charge in [-0.25, -0.2) is 0 Å². The Kier molecular flexibility index (Phi) is 4.06. The van der Waals surface area contributed by atoms with Crippen LogP contribution in [0.15, 0.2) is 18.2 Å². The van der Waals surface area contributed by atoms with Crippen LogP contribution in [0.25, 0.3) is 0 Å². The van der Waals surface area contributed by atoms with E-state index >= 15 is 0 Å². The lowest BCUT2D eigenvalue weighted by Gasteiger charge is -2.24. The Bertz CT molecular complexity index is 630. The molecule has 0 aliphatic carbocycles. The lowest BCUT2D eigenvalue weighted by Crippen LogP contribution is -2.34. The number of rotatable bonds is 4. The zero-order valence-corrected chi connectivity index (χ0v) is 13.2. The molecule has 1 aliphatic rings. The van der Waals surface area contributed by atoms with Gasteiger partial charge in [0.05, 0.1) is 6.04 Å². The second-order valence-electron chi connectivity index (χ2n) is 6.03. The van der Waals surface area contributed by atoms with Crippen LogP contribution in [0.2, 0.25) is 0 Å². The van der Waals surface area contributed by atoms with E-state index in [4.69, 9.17) is 0 Å². The summed E-state index contributed by atoms with van der Waals surface area (Å²) in [5.41, 5.74) is 3.99. The monoisotopic (exact) mass is 284 g/mol. The molecule has 0 fully saturated rings. The highest BCUT2D eigenvalue weighted by Crippen LogP contribution is 2.23. The summed E-state index contributed by atoms with van der Waals surface area (Å²) in [6.45, 7) is 8.51. The maximum atomic E-state index is 4.47. The molecule has 4 nitrogen and oxygen atoms in total. The molecule has 1 aliphatic heterocycles. The molecule has 1 N–H and O–H groups in total. The molecule has 0 saturated carbocycles. The minimum absolute atomic E-state index is 0.364. The van der Waals surface area contributed by atoms with Crippen LogP contribution in [0.3, 0.4) is 0 Å². The van der Waals surface area contributed by atoms with E-state index in [-0.39, 0.29) is 0 Å². The van der Waals surface area contributed by atoms with Crippen molar-refractivity contribution in [3.63, 3.8) is 0 Å². The molecule has 21 heavy (non-hydrogen) atoms. The lowest BCUT2D eigenvalue weighted by atomic mass is 10.0. The van der Waals surface area contributed by atoms with E-state index < -0.39 is 0 Å². The quantitative estimate of drug-likeness (QED) is 0.938. The first kappa shape index (κ1) is 14.3. The SMILES string of the molecule is CCCC1NCCn2c(Cc3cc(C)ccc3C)nnc21. The molecule has 112 valence electrons. The largest absolute Gasteiger partial charge is 0.312 e. The summed E-state index contributed by atoms with van der Waals surface area (Å²) in [7, 11) is 0. The molecule has 1 aromatic heterocycles. The average molecular weight is 284 g/mol. The normalized spacial score (nSPS) is 17.8. The van der Waals surface area contributed by atoms with Crippen LogP contribution in [0.4, 0.5) is 0 Å². The first-order valence-corrected chi connectivity index (χ1v) is 7.90. The Morgan fingerprint density at radius 2 is 2.14 bits per heavy atom. The van der Waals surface area contributed by atoms with Crippen LogP contribution in [-0.4, -0.2) is 21.3 Å². The Morgan fingerprint density at radius 1 is 1.29 bits per heavy atom. The van der Waals surface area contributed by atoms with Gasteiger partial charge in [-0.1, -0.05) is 37.1 Å². The summed E-state index contributed by atoms with van der Waals surface area (Å²) in [5.74, 6) is 2.21. The minimum Gasteiger partial charge on any atom is -0.312 e. The molecular weight excluding hydrogens is 260 g/mol. The van der Waals surface area contributed by atoms with E-state index in [1.807, 2.05) is 0 Å². The lowest BCUT2D eigenvalue weighted by molar-refractivity contribution is 0.388.